The van der Waals surface area contributed by atoms with Gasteiger partial charge in [-0.15, -0.1) is 11.3 Å². The molecule has 0 saturated carbocycles. The van der Waals surface area contributed by atoms with Crippen LogP contribution in [0.3, 0.4) is 0 Å². The monoisotopic (exact) mass is 383 g/mol. The Labute approximate surface area is 159 Å². The first kappa shape index (κ1) is 18.6. The highest BCUT2D eigenvalue weighted by atomic mass is 32.1. The number of carbonyl (C=O) groups excluding carboxylic acids is 1. The Morgan fingerprint density at radius 1 is 1.26 bits per heavy atom. The maximum Gasteiger partial charge on any atom is 0.269 e. The average molecular weight is 383 g/mol. The summed E-state index contributed by atoms with van der Waals surface area (Å²) in [6.45, 7) is 3.59. The van der Waals surface area contributed by atoms with Gasteiger partial charge in [0.1, 0.15) is 4.88 Å². The van der Waals surface area contributed by atoms with E-state index >= 15 is 0 Å². The van der Waals surface area contributed by atoms with Crippen LogP contribution in [0.5, 0.6) is 0 Å². The van der Waals surface area contributed by atoms with Crippen LogP contribution in [0.25, 0.3) is 10.8 Å². The number of carbonyl (C=O) groups is 1. The molecule has 0 N–H and O–H groups in total. The largest absolute Gasteiger partial charge is 0.334 e. The van der Waals surface area contributed by atoms with Crippen molar-refractivity contribution < 1.29 is 9.72 Å². The minimum Gasteiger partial charge on any atom is -0.334 e. The van der Waals surface area contributed by atoms with Gasteiger partial charge in [0.15, 0.2) is 10.8 Å². The molecule has 0 unspecified atom stereocenters. The Bertz CT molecular complexity index is 990. The maximum atomic E-state index is 13.0. The van der Waals surface area contributed by atoms with Crippen LogP contribution in [0.15, 0.2) is 42.7 Å². The summed E-state index contributed by atoms with van der Waals surface area (Å²) in [5.74, 6) is 0.269. The molecule has 2 aromatic heterocycles. The van der Waals surface area contributed by atoms with Crippen LogP contribution in [0.4, 0.5) is 5.69 Å². The van der Waals surface area contributed by atoms with E-state index in [0.717, 1.165) is 0 Å². The number of aromatic nitrogens is 3. The van der Waals surface area contributed by atoms with Gasteiger partial charge in [0.05, 0.1) is 16.7 Å². The van der Waals surface area contributed by atoms with Gasteiger partial charge in [-0.25, -0.2) is 15.0 Å². The van der Waals surface area contributed by atoms with Crippen LogP contribution in [-0.2, 0) is 0 Å². The zero-order valence-electron chi connectivity index (χ0n) is 15.0. The van der Waals surface area contributed by atoms with Gasteiger partial charge in [0.25, 0.3) is 11.6 Å². The number of amides is 1. The highest BCUT2D eigenvalue weighted by Gasteiger charge is 2.25. The normalized spacial score (nSPS) is 11.8. The fraction of sp³-hybridized carbons (Fsp3) is 0.222. The van der Waals surface area contributed by atoms with Crippen molar-refractivity contribution in [2.45, 2.75) is 19.9 Å². The topological polar surface area (TPSA) is 102 Å². The van der Waals surface area contributed by atoms with Crippen LogP contribution < -0.4 is 0 Å². The first-order chi connectivity index (χ1) is 12.9. The summed E-state index contributed by atoms with van der Waals surface area (Å²) in [6, 6.07) is 7.67. The summed E-state index contributed by atoms with van der Waals surface area (Å²) in [4.78, 5) is 38.3. The predicted octanol–water partition coefficient (Wildman–Crippen LogP) is 3.65. The van der Waals surface area contributed by atoms with Gasteiger partial charge in [-0.1, -0.05) is 12.1 Å². The summed E-state index contributed by atoms with van der Waals surface area (Å²) in [6.07, 6.45) is 3.24. The van der Waals surface area contributed by atoms with E-state index < -0.39 is 4.92 Å². The molecule has 1 amide bonds. The summed E-state index contributed by atoms with van der Waals surface area (Å²) in [5.41, 5.74) is 1.29. The molecule has 1 atom stereocenters. The van der Waals surface area contributed by atoms with Crippen molar-refractivity contribution >= 4 is 22.9 Å². The molecule has 0 fully saturated rings. The first-order valence-corrected chi connectivity index (χ1v) is 8.96. The van der Waals surface area contributed by atoms with E-state index in [9.17, 15) is 14.9 Å². The molecule has 0 aliphatic carbocycles. The van der Waals surface area contributed by atoms with E-state index in [2.05, 4.69) is 15.0 Å². The molecule has 0 bridgehead atoms. The van der Waals surface area contributed by atoms with Crippen molar-refractivity contribution in [1.29, 1.82) is 0 Å². The van der Waals surface area contributed by atoms with Gasteiger partial charge in [-0.05, 0) is 25.5 Å². The molecule has 2 heterocycles. The highest BCUT2D eigenvalue weighted by Crippen LogP contribution is 2.29. The zero-order valence-corrected chi connectivity index (χ0v) is 15.8. The molecule has 8 nitrogen and oxygen atoms in total. The van der Waals surface area contributed by atoms with Crippen molar-refractivity contribution in [2.75, 3.05) is 7.05 Å². The number of nitro groups is 1. The second kappa shape index (κ2) is 7.58. The van der Waals surface area contributed by atoms with Crippen molar-refractivity contribution in [2.24, 2.45) is 0 Å². The summed E-state index contributed by atoms with van der Waals surface area (Å²) in [5, 5.41) is 11.6. The average Bonchev–Trinajstić information content (AvgIpc) is 3.08. The number of non-ortho nitro benzene ring substituents is 1. The maximum absolute atomic E-state index is 13.0. The number of benzene rings is 1. The lowest BCUT2D eigenvalue weighted by atomic mass is 10.1. The Kier molecular flexibility index (Phi) is 5.22. The number of thiazole rings is 1. The van der Waals surface area contributed by atoms with Gasteiger partial charge in [-0.3, -0.25) is 14.9 Å². The molecule has 27 heavy (non-hydrogen) atoms. The van der Waals surface area contributed by atoms with Crippen LogP contribution in [0, 0.1) is 17.0 Å². The van der Waals surface area contributed by atoms with E-state index in [1.54, 1.807) is 49.5 Å². The molecule has 9 heteroatoms. The van der Waals surface area contributed by atoms with Gasteiger partial charge >= 0.3 is 0 Å². The third kappa shape index (κ3) is 3.82. The molecule has 0 radical (unpaired) electrons. The molecule has 3 aromatic rings. The molecule has 0 spiro atoms. The smallest absolute Gasteiger partial charge is 0.269 e. The number of hydrogen-bond donors (Lipinski definition) is 0. The Balaban J connectivity index is 1.86. The summed E-state index contributed by atoms with van der Waals surface area (Å²) < 4.78 is 0. The molecular formula is C18H17N5O3S. The molecule has 0 aliphatic rings. The SMILES string of the molecule is Cc1nc(-c2ncccn2)sc1C(=O)N(C)[C@@H](C)c1cccc([N+](=O)[O-])c1. The molecule has 1 aromatic carbocycles. The van der Waals surface area contributed by atoms with Crippen LogP contribution in [-0.4, -0.2) is 37.7 Å². The minimum absolute atomic E-state index is 0.00215. The van der Waals surface area contributed by atoms with E-state index in [0.29, 0.717) is 27.0 Å². The molecule has 0 saturated heterocycles. The van der Waals surface area contributed by atoms with Crippen molar-refractivity contribution in [3.05, 3.63) is 69.0 Å². The summed E-state index contributed by atoms with van der Waals surface area (Å²) in [7, 11) is 1.67. The van der Waals surface area contributed by atoms with Crippen molar-refractivity contribution in [3.63, 3.8) is 0 Å². The third-order valence-corrected chi connectivity index (χ3v) is 5.35. The Hall–Kier alpha value is -3.20. The predicted molar refractivity (Wildman–Crippen MR) is 101 cm³/mol. The second-order valence-electron chi connectivity index (χ2n) is 5.95. The molecular weight excluding hydrogens is 366 g/mol. The molecule has 0 aliphatic heterocycles. The van der Waals surface area contributed by atoms with Crippen LogP contribution >= 0.6 is 11.3 Å². The van der Waals surface area contributed by atoms with Gasteiger partial charge < -0.3 is 4.90 Å². The quantitative estimate of drug-likeness (QED) is 0.492. The van der Waals surface area contributed by atoms with Gasteiger partial charge in [-0.2, -0.15) is 0 Å². The fourth-order valence-electron chi connectivity index (χ4n) is 2.56. The second-order valence-corrected chi connectivity index (χ2v) is 6.95. The van der Waals surface area contributed by atoms with Gasteiger partial charge in [0.2, 0.25) is 0 Å². The minimum atomic E-state index is -0.447. The Morgan fingerprint density at radius 3 is 2.63 bits per heavy atom. The molecule has 138 valence electrons. The number of rotatable bonds is 5. The van der Waals surface area contributed by atoms with Crippen LogP contribution in [0.2, 0.25) is 0 Å². The lowest BCUT2D eigenvalue weighted by Gasteiger charge is -2.25. The third-order valence-electron chi connectivity index (χ3n) is 4.21. The van der Waals surface area contributed by atoms with Crippen molar-refractivity contribution in [1.82, 2.24) is 19.9 Å². The standard InChI is InChI=1S/C18H17N5O3S/c1-11-15(27-17(21-11)16-19-8-5-9-20-16)18(24)22(3)12(2)13-6-4-7-14(10-13)23(25)26/h4-10,12H,1-3H3/t12-/m0/s1. The number of nitro benzene ring substituents is 1. The summed E-state index contributed by atoms with van der Waals surface area (Å²) >= 11 is 1.23. The highest BCUT2D eigenvalue weighted by molar-refractivity contribution is 7.17. The molecule has 3 rings (SSSR count). The Morgan fingerprint density at radius 2 is 1.96 bits per heavy atom. The lowest BCUT2D eigenvalue weighted by molar-refractivity contribution is -0.384. The lowest BCUT2D eigenvalue weighted by Crippen LogP contribution is -2.29. The zero-order chi connectivity index (χ0) is 19.6. The number of hydrogen-bond acceptors (Lipinski definition) is 7. The van der Waals surface area contributed by atoms with Gasteiger partial charge in [0, 0.05) is 31.6 Å². The van der Waals surface area contributed by atoms with E-state index in [1.165, 1.54) is 23.5 Å². The fourth-order valence-corrected chi connectivity index (χ4v) is 3.56. The van der Waals surface area contributed by atoms with Crippen LogP contribution in [0.1, 0.15) is 33.9 Å². The number of aryl methyl sites for hydroxylation is 1. The van der Waals surface area contributed by atoms with E-state index in [1.807, 2.05) is 6.92 Å². The first-order valence-electron chi connectivity index (χ1n) is 8.15. The number of nitrogens with zero attached hydrogens (tertiary/aromatic N) is 5. The van der Waals surface area contributed by atoms with E-state index in [-0.39, 0.29) is 17.6 Å². The van der Waals surface area contributed by atoms with Crippen molar-refractivity contribution in [3.8, 4) is 10.8 Å². The van der Waals surface area contributed by atoms with E-state index in [4.69, 9.17) is 0 Å².